The number of nitrogens with one attached hydrogen (secondary N) is 2. The number of nitrogens with zero attached hydrogens (tertiary/aromatic N) is 1. The highest BCUT2D eigenvalue weighted by atomic mass is 16.2. The molecule has 2 aromatic carbocycles. The fraction of sp³-hybridized carbons (Fsp3) is 0.286. The van der Waals surface area contributed by atoms with Crippen molar-refractivity contribution in [3.8, 4) is 6.07 Å². The van der Waals surface area contributed by atoms with Crippen LogP contribution in [0.2, 0.25) is 0 Å². The summed E-state index contributed by atoms with van der Waals surface area (Å²) in [5, 5.41) is 14.5. The predicted molar refractivity (Wildman–Crippen MR) is 99.9 cm³/mol. The van der Waals surface area contributed by atoms with Gasteiger partial charge in [0, 0.05) is 6.54 Å². The zero-order chi connectivity index (χ0) is 18.9. The van der Waals surface area contributed by atoms with Crippen LogP contribution in [0.1, 0.15) is 30.5 Å². The van der Waals surface area contributed by atoms with Crippen LogP contribution < -0.4 is 10.6 Å². The maximum absolute atomic E-state index is 12.5. The first kappa shape index (κ1) is 19.2. The van der Waals surface area contributed by atoms with Gasteiger partial charge in [-0.05, 0) is 29.2 Å². The summed E-state index contributed by atoms with van der Waals surface area (Å²) in [5.74, 6) is -0.426. The van der Waals surface area contributed by atoms with Crippen LogP contribution in [0.5, 0.6) is 0 Å². The summed E-state index contributed by atoms with van der Waals surface area (Å²) in [7, 11) is 0. The van der Waals surface area contributed by atoms with E-state index in [2.05, 4.69) is 16.7 Å². The van der Waals surface area contributed by atoms with Crippen molar-refractivity contribution in [2.75, 3.05) is 0 Å². The Kier molecular flexibility index (Phi) is 6.92. The van der Waals surface area contributed by atoms with Crippen molar-refractivity contribution in [2.24, 2.45) is 5.92 Å². The summed E-state index contributed by atoms with van der Waals surface area (Å²) in [6.07, 6.45) is 0.243. The van der Waals surface area contributed by atoms with Crippen LogP contribution in [0.15, 0.2) is 54.6 Å². The van der Waals surface area contributed by atoms with E-state index in [0.29, 0.717) is 12.1 Å². The zero-order valence-electron chi connectivity index (χ0n) is 15.0. The molecule has 0 radical (unpaired) electrons. The molecule has 26 heavy (non-hydrogen) atoms. The van der Waals surface area contributed by atoms with Gasteiger partial charge in [0.2, 0.25) is 11.8 Å². The minimum Gasteiger partial charge on any atom is -0.350 e. The normalized spacial score (nSPS) is 11.5. The van der Waals surface area contributed by atoms with Crippen molar-refractivity contribution in [1.82, 2.24) is 10.6 Å². The summed E-state index contributed by atoms with van der Waals surface area (Å²) < 4.78 is 0. The van der Waals surface area contributed by atoms with Crippen LogP contribution in [0.25, 0.3) is 0 Å². The van der Waals surface area contributed by atoms with Crippen LogP contribution in [0, 0.1) is 17.2 Å². The van der Waals surface area contributed by atoms with E-state index in [0.717, 1.165) is 11.1 Å². The topological polar surface area (TPSA) is 82.0 Å². The third kappa shape index (κ3) is 5.75. The second-order valence-electron chi connectivity index (χ2n) is 6.48. The van der Waals surface area contributed by atoms with Crippen LogP contribution in [0.4, 0.5) is 0 Å². The van der Waals surface area contributed by atoms with Crippen molar-refractivity contribution in [3.63, 3.8) is 0 Å². The highest BCUT2D eigenvalue weighted by Gasteiger charge is 2.23. The van der Waals surface area contributed by atoms with Crippen LogP contribution in [-0.4, -0.2) is 17.9 Å². The minimum atomic E-state index is -0.593. The molecule has 2 aromatic rings. The molecular weight excluding hydrogens is 326 g/mol. The molecule has 1 atom stereocenters. The number of benzene rings is 2. The lowest BCUT2D eigenvalue weighted by atomic mass is 10.0. The lowest BCUT2D eigenvalue weighted by Gasteiger charge is -2.22. The van der Waals surface area contributed by atoms with Crippen LogP contribution in [-0.2, 0) is 22.6 Å². The molecule has 0 spiro atoms. The van der Waals surface area contributed by atoms with Gasteiger partial charge < -0.3 is 10.6 Å². The Bertz CT molecular complexity index is 777. The molecule has 0 fully saturated rings. The summed E-state index contributed by atoms with van der Waals surface area (Å²) in [6.45, 7) is 4.14. The zero-order valence-corrected chi connectivity index (χ0v) is 15.0. The molecule has 1 unspecified atom stereocenters. The molecule has 2 N–H and O–H groups in total. The number of amides is 2. The molecule has 0 aliphatic rings. The predicted octanol–water partition coefficient (Wildman–Crippen LogP) is 2.56. The minimum absolute atomic E-state index is 0.0318. The Morgan fingerprint density at radius 3 is 2.23 bits per heavy atom. The molecule has 2 rings (SSSR count). The molecule has 0 saturated heterocycles. The van der Waals surface area contributed by atoms with Gasteiger partial charge in [0.15, 0.2) is 0 Å². The van der Waals surface area contributed by atoms with Gasteiger partial charge in [0.1, 0.15) is 6.04 Å². The van der Waals surface area contributed by atoms with E-state index in [9.17, 15) is 9.59 Å². The summed E-state index contributed by atoms with van der Waals surface area (Å²) in [6, 6.07) is 17.9. The Morgan fingerprint density at radius 1 is 1.00 bits per heavy atom. The van der Waals surface area contributed by atoms with Crippen LogP contribution in [0.3, 0.4) is 0 Å². The average molecular weight is 349 g/mol. The highest BCUT2D eigenvalue weighted by molar-refractivity contribution is 5.88. The molecule has 0 heterocycles. The van der Waals surface area contributed by atoms with E-state index >= 15 is 0 Å². The molecule has 0 aliphatic carbocycles. The summed E-state index contributed by atoms with van der Waals surface area (Å²) in [5.41, 5.74) is 2.38. The van der Waals surface area contributed by atoms with Gasteiger partial charge in [0.05, 0.1) is 18.1 Å². The lowest BCUT2D eigenvalue weighted by Crippen LogP contribution is -2.49. The third-order valence-electron chi connectivity index (χ3n) is 4.02. The number of carbonyl (C=O) groups is 2. The number of nitriles is 1. The van der Waals surface area contributed by atoms with Gasteiger partial charge in [-0.25, -0.2) is 0 Å². The second kappa shape index (κ2) is 9.38. The SMILES string of the molecule is CC(C)C(NC(=O)Cc1ccccc1)C(=O)NCc1ccc(C#N)cc1. The number of hydrogen-bond donors (Lipinski definition) is 2. The Morgan fingerprint density at radius 2 is 1.65 bits per heavy atom. The Labute approximate surface area is 154 Å². The van der Waals surface area contributed by atoms with Gasteiger partial charge in [0.25, 0.3) is 0 Å². The lowest BCUT2D eigenvalue weighted by molar-refractivity contribution is -0.129. The van der Waals surface area contributed by atoms with Crippen molar-refractivity contribution < 1.29 is 9.59 Å². The maximum Gasteiger partial charge on any atom is 0.243 e. The summed E-state index contributed by atoms with van der Waals surface area (Å²) in [4.78, 5) is 24.7. The molecule has 0 aliphatic heterocycles. The molecule has 0 saturated carbocycles. The quantitative estimate of drug-likeness (QED) is 0.806. The van der Waals surface area contributed by atoms with E-state index in [1.165, 1.54) is 0 Å². The molecule has 2 amide bonds. The Hall–Kier alpha value is -3.13. The largest absolute Gasteiger partial charge is 0.350 e. The van der Waals surface area contributed by atoms with E-state index < -0.39 is 6.04 Å². The van der Waals surface area contributed by atoms with E-state index in [4.69, 9.17) is 5.26 Å². The van der Waals surface area contributed by atoms with Crippen LogP contribution >= 0.6 is 0 Å². The van der Waals surface area contributed by atoms with Gasteiger partial charge in [-0.1, -0.05) is 56.3 Å². The van der Waals surface area contributed by atoms with Crippen molar-refractivity contribution >= 4 is 11.8 Å². The maximum atomic E-state index is 12.5. The molecule has 5 heteroatoms. The average Bonchev–Trinajstić information content (AvgIpc) is 2.65. The fourth-order valence-electron chi connectivity index (χ4n) is 2.54. The molecule has 5 nitrogen and oxygen atoms in total. The van der Waals surface area contributed by atoms with Crippen molar-refractivity contribution in [3.05, 3.63) is 71.3 Å². The second-order valence-corrected chi connectivity index (χ2v) is 6.48. The third-order valence-corrected chi connectivity index (χ3v) is 4.02. The number of rotatable bonds is 7. The van der Waals surface area contributed by atoms with Crippen molar-refractivity contribution in [1.29, 1.82) is 5.26 Å². The van der Waals surface area contributed by atoms with E-state index in [-0.39, 0.29) is 24.2 Å². The Balaban J connectivity index is 1.91. The molecule has 0 bridgehead atoms. The number of hydrogen-bond acceptors (Lipinski definition) is 3. The smallest absolute Gasteiger partial charge is 0.243 e. The number of carbonyl (C=O) groups excluding carboxylic acids is 2. The van der Waals surface area contributed by atoms with E-state index in [1.807, 2.05) is 44.2 Å². The standard InChI is InChI=1S/C21H23N3O2/c1-15(2)20(24-19(25)12-16-6-4-3-5-7-16)21(26)23-14-18-10-8-17(13-22)9-11-18/h3-11,15,20H,12,14H2,1-2H3,(H,23,26)(H,24,25). The molecular formula is C21H23N3O2. The van der Waals surface area contributed by atoms with Gasteiger partial charge in [-0.15, -0.1) is 0 Å². The first-order valence-electron chi connectivity index (χ1n) is 8.59. The fourth-order valence-corrected chi connectivity index (χ4v) is 2.54. The van der Waals surface area contributed by atoms with Gasteiger partial charge in [-0.3, -0.25) is 9.59 Å². The van der Waals surface area contributed by atoms with Crippen molar-refractivity contribution in [2.45, 2.75) is 32.9 Å². The van der Waals surface area contributed by atoms with Gasteiger partial charge in [-0.2, -0.15) is 5.26 Å². The first-order valence-corrected chi connectivity index (χ1v) is 8.59. The highest BCUT2D eigenvalue weighted by Crippen LogP contribution is 2.06. The van der Waals surface area contributed by atoms with Gasteiger partial charge >= 0.3 is 0 Å². The molecule has 0 aromatic heterocycles. The monoisotopic (exact) mass is 349 g/mol. The van der Waals surface area contributed by atoms with E-state index in [1.54, 1.807) is 24.3 Å². The molecule has 134 valence electrons. The first-order chi connectivity index (χ1) is 12.5. The summed E-state index contributed by atoms with van der Waals surface area (Å²) >= 11 is 0.